The molecule has 4 nitrogen and oxygen atoms in total. The van der Waals surface area contributed by atoms with Gasteiger partial charge in [-0.3, -0.25) is 4.99 Å². The summed E-state index contributed by atoms with van der Waals surface area (Å²) in [7, 11) is 2.15. The van der Waals surface area contributed by atoms with E-state index in [1.165, 1.54) is 5.56 Å². The van der Waals surface area contributed by atoms with Gasteiger partial charge in [0.1, 0.15) is 0 Å². The first-order valence-electron chi connectivity index (χ1n) is 7.61. The van der Waals surface area contributed by atoms with Crippen molar-refractivity contribution in [2.24, 2.45) is 10.7 Å². The van der Waals surface area contributed by atoms with Crippen molar-refractivity contribution >= 4 is 41.7 Å². The van der Waals surface area contributed by atoms with Gasteiger partial charge < -0.3 is 15.5 Å². The Hall–Kier alpha value is -0.470. The van der Waals surface area contributed by atoms with Crippen LogP contribution in [-0.4, -0.2) is 60.5 Å². The van der Waals surface area contributed by atoms with E-state index in [2.05, 4.69) is 52.2 Å². The summed E-state index contributed by atoms with van der Waals surface area (Å²) in [4.78, 5) is 9.04. The molecule has 0 bridgehead atoms. The van der Waals surface area contributed by atoms with E-state index in [0.29, 0.717) is 0 Å². The van der Waals surface area contributed by atoms with Gasteiger partial charge in [0.25, 0.3) is 0 Å². The van der Waals surface area contributed by atoms with E-state index in [4.69, 9.17) is 5.73 Å². The Bertz CT molecular complexity index is 435. The van der Waals surface area contributed by atoms with E-state index >= 15 is 0 Å². The number of aliphatic imine (C=N–C) groups is 1. The third kappa shape index (κ3) is 7.19. The van der Waals surface area contributed by atoms with Crippen LogP contribution in [0.3, 0.4) is 0 Å². The predicted octanol–water partition coefficient (Wildman–Crippen LogP) is 2.49. The van der Waals surface area contributed by atoms with Gasteiger partial charge in [-0.05, 0) is 25.6 Å². The maximum absolute atomic E-state index is 6.04. The number of hydrogen-bond donors (Lipinski definition) is 1. The van der Waals surface area contributed by atoms with Crippen LogP contribution < -0.4 is 5.73 Å². The average molecular weight is 434 g/mol. The first-order chi connectivity index (χ1) is 10.3. The number of guanidine groups is 1. The highest BCUT2D eigenvalue weighted by Crippen LogP contribution is 2.08. The smallest absolute Gasteiger partial charge is 0.191 e. The van der Waals surface area contributed by atoms with E-state index in [1.54, 1.807) is 0 Å². The lowest BCUT2D eigenvalue weighted by molar-refractivity contribution is 0.324. The van der Waals surface area contributed by atoms with Gasteiger partial charge in [-0.25, -0.2) is 0 Å². The maximum atomic E-state index is 6.04. The second-order valence-corrected chi connectivity index (χ2v) is 6.64. The molecule has 0 unspecified atom stereocenters. The summed E-state index contributed by atoms with van der Waals surface area (Å²) in [5.74, 6) is 3.05. The zero-order valence-electron chi connectivity index (χ0n) is 13.3. The second kappa shape index (κ2) is 11.1. The van der Waals surface area contributed by atoms with Crippen molar-refractivity contribution in [3.8, 4) is 0 Å². The standard InChI is InChI=1S/C16H26N4S.HI/c1-19(14-15-6-3-2-4-7-15)9-5-8-18-16(17)20-10-12-21-13-11-20;/h2-4,6-7H,5,8-14H2,1H3,(H2,17,18);1H. The van der Waals surface area contributed by atoms with E-state index in [-0.39, 0.29) is 24.0 Å². The zero-order chi connectivity index (χ0) is 14.9. The molecule has 6 heteroatoms. The second-order valence-electron chi connectivity index (χ2n) is 5.42. The van der Waals surface area contributed by atoms with Crippen LogP contribution in [-0.2, 0) is 6.54 Å². The molecular weight excluding hydrogens is 407 g/mol. The van der Waals surface area contributed by atoms with Gasteiger partial charge in [0.15, 0.2) is 5.96 Å². The summed E-state index contributed by atoms with van der Waals surface area (Å²) in [6.45, 7) is 4.92. The van der Waals surface area contributed by atoms with Crippen LogP contribution in [0.5, 0.6) is 0 Å². The molecule has 0 amide bonds. The van der Waals surface area contributed by atoms with Crippen molar-refractivity contribution in [2.75, 3.05) is 44.7 Å². The minimum Gasteiger partial charge on any atom is -0.370 e. The first-order valence-corrected chi connectivity index (χ1v) is 8.76. The Morgan fingerprint density at radius 2 is 1.95 bits per heavy atom. The van der Waals surface area contributed by atoms with Crippen LogP contribution in [0.25, 0.3) is 0 Å². The largest absolute Gasteiger partial charge is 0.370 e. The molecule has 0 aliphatic carbocycles. The highest BCUT2D eigenvalue weighted by molar-refractivity contribution is 14.0. The molecule has 0 radical (unpaired) electrons. The van der Waals surface area contributed by atoms with Gasteiger partial charge >= 0.3 is 0 Å². The molecular formula is C16H27IN4S. The van der Waals surface area contributed by atoms with Crippen LogP contribution in [0.1, 0.15) is 12.0 Å². The Morgan fingerprint density at radius 1 is 1.27 bits per heavy atom. The highest BCUT2D eigenvalue weighted by atomic mass is 127. The summed E-state index contributed by atoms with van der Waals surface area (Å²) in [6, 6.07) is 10.6. The lowest BCUT2D eigenvalue weighted by Crippen LogP contribution is -2.42. The van der Waals surface area contributed by atoms with E-state index in [0.717, 1.165) is 56.6 Å². The molecule has 1 fully saturated rings. The van der Waals surface area contributed by atoms with Crippen molar-refractivity contribution in [2.45, 2.75) is 13.0 Å². The summed E-state index contributed by atoms with van der Waals surface area (Å²) >= 11 is 1.99. The summed E-state index contributed by atoms with van der Waals surface area (Å²) in [5, 5.41) is 0. The van der Waals surface area contributed by atoms with E-state index < -0.39 is 0 Å². The molecule has 1 aromatic rings. The summed E-state index contributed by atoms with van der Waals surface area (Å²) in [6.07, 6.45) is 1.05. The molecule has 124 valence electrons. The molecule has 0 aromatic heterocycles. The van der Waals surface area contributed by atoms with Crippen molar-refractivity contribution < 1.29 is 0 Å². The molecule has 1 aliphatic rings. The maximum Gasteiger partial charge on any atom is 0.191 e. The van der Waals surface area contributed by atoms with E-state index in [9.17, 15) is 0 Å². The molecule has 0 saturated carbocycles. The fraction of sp³-hybridized carbons (Fsp3) is 0.562. The van der Waals surface area contributed by atoms with Crippen molar-refractivity contribution in [3.63, 3.8) is 0 Å². The monoisotopic (exact) mass is 434 g/mol. The molecule has 1 heterocycles. The van der Waals surface area contributed by atoms with Crippen molar-refractivity contribution in [3.05, 3.63) is 35.9 Å². The minimum atomic E-state index is 0. The Balaban J connectivity index is 0.00000242. The number of rotatable bonds is 6. The number of thioether (sulfide) groups is 1. The Labute approximate surface area is 155 Å². The van der Waals surface area contributed by atoms with E-state index in [1.807, 2.05) is 11.8 Å². The van der Waals surface area contributed by atoms with Gasteiger partial charge in [0.2, 0.25) is 0 Å². The minimum absolute atomic E-state index is 0. The fourth-order valence-electron chi connectivity index (χ4n) is 2.40. The molecule has 1 aliphatic heterocycles. The topological polar surface area (TPSA) is 44.9 Å². The van der Waals surface area contributed by atoms with Crippen LogP contribution in [0.15, 0.2) is 35.3 Å². The first kappa shape index (κ1) is 19.6. The zero-order valence-corrected chi connectivity index (χ0v) is 16.4. The van der Waals surface area contributed by atoms with Crippen LogP contribution in [0.4, 0.5) is 0 Å². The average Bonchev–Trinajstić information content (AvgIpc) is 2.53. The van der Waals surface area contributed by atoms with Gasteiger partial charge in [-0.15, -0.1) is 24.0 Å². The molecule has 2 rings (SSSR count). The SMILES string of the molecule is CN(CCCN=C(N)N1CCSCC1)Cc1ccccc1.I. The quantitative estimate of drug-likeness (QED) is 0.324. The summed E-state index contributed by atoms with van der Waals surface area (Å²) in [5.41, 5.74) is 7.40. The van der Waals surface area contributed by atoms with Crippen LogP contribution >= 0.6 is 35.7 Å². The third-order valence-electron chi connectivity index (χ3n) is 3.60. The van der Waals surface area contributed by atoms with Crippen LogP contribution in [0, 0.1) is 0 Å². The lowest BCUT2D eigenvalue weighted by Gasteiger charge is -2.27. The van der Waals surface area contributed by atoms with Gasteiger partial charge in [-0.2, -0.15) is 11.8 Å². The Kier molecular flexibility index (Phi) is 9.90. The molecule has 1 aromatic carbocycles. The number of hydrogen-bond acceptors (Lipinski definition) is 3. The number of nitrogens with two attached hydrogens (primary N) is 1. The van der Waals surface area contributed by atoms with Gasteiger partial charge in [-0.1, -0.05) is 30.3 Å². The van der Waals surface area contributed by atoms with Crippen molar-refractivity contribution in [1.29, 1.82) is 0 Å². The highest BCUT2D eigenvalue weighted by Gasteiger charge is 2.11. The van der Waals surface area contributed by atoms with Gasteiger partial charge in [0, 0.05) is 37.7 Å². The molecule has 0 spiro atoms. The number of nitrogens with zero attached hydrogens (tertiary/aromatic N) is 3. The van der Waals surface area contributed by atoms with Crippen molar-refractivity contribution in [1.82, 2.24) is 9.80 Å². The normalized spacial score (nSPS) is 15.7. The third-order valence-corrected chi connectivity index (χ3v) is 4.54. The summed E-state index contributed by atoms with van der Waals surface area (Å²) < 4.78 is 0. The lowest BCUT2D eigenvalue weighted by atomic mass is 10.2. The Morgan fingerprint density at radius 3 is 2.64 bits per heavy atom. The number of halogens is 1. The molecule has 22 heavy (non-hydrogen) atoms. The molecule has 0 atom stereocenters. The molecule has 2 N–H and O–H groups in total. The predicted molar refractivity (Wildman–Crippen MR) is 108 cm³/mol. The number of benzene rings is 1. The van der Waals surface area contributed by atoms with Crippen LogP contribution in [0.2, 0.25) is 0 Å². The van der Waals surface area contributed by atoms with Gasteiger partial charge in [0.05, 0.1) is 0 Å². The molecule has 1 saturated heterocycles. The fourth-order valence-corrected chi connectivity index (χ4v) is 3.30.